The highest BCUT2D eigenvalue weighted by Gasteiger charge is 2.19. The molecule has 2 unspecified atom stereocenters. The lowest BCUT2D eigenvalue weighted by molar-refractivity contribution is 0.0789. The first-order valence-corrected chi connectivity index (χ1v) is 7.46. The predicted molar refractivity (Wildman–Crippen MR) is 71.2 cm³/mol. The zero-order valence-electron chi connectivity index (χ0n) is 9.64. The average molecular weight is 261 g/mol. The summed E-state index contributed by atoms with van der Waals surface area (Å²) >= 11 is 3.16. The van der Waals surface area contributed by atoms with Crippen LogP contribution in [0, 0.1) is 0 Å². The Morgan fingerprint density at radius 3 is 2.94 bits per heavy atom. The number of thiophene rings is 1. The molecule has 0 amide bonds. The maximum absolute atomic E-state index is 9.90. The molecule has 0 aliphatic carbocycles. The molecule has 0 aliphatic rings. The van der Waals surface area contributed by atoms with Gasteiger partial charge in [0.2, 0.25) is 0 Å². The van der Waals surface area contributed by atoms with Crippen LogP contribution in [-0.4, -0.2) is 40.9 Å². The molecule has 0 aliphatic heterocycles. The second-order valence-corrected chi connectivity index (χ2v) is 5.94. The van der Waals surface area contributed by atoms with Gasteiger partial charge in [-0.1, -0.05) is 6.07 Å². The lowest BCUT2D eigenvalue weighted by Crippen LogP contribution is -2.41. The highest BCUT2D eigenvalue weighted by Crippen LogP contribution is 2.18. The molecule has 1 aromatic rings. The highest BCUT2D eigenvalue weighted by molar-refractivity contribution is 7.98. The van der Waals surface area contributed by atoms with Crippen molar-refractivity contribution in [1.82, 2.24) is 5.32 Å². The maximum Gasteiger partial charge on any atom is 0.101 e. The van der Waals surface area contributed by atoms with Gasteiger partial charge in [0.05, 0.1) is 5.60 Å². The summed E-state index contributed by atoms with van der Waals surface area (Å²) in [6.07, 6.45) is 1.49. The molecule has 3 N–H and O–H groups in total. The monoisotopic (exact) mass is 261 g/mol. The normalized spacial score (nSPS) is 17.0. The third-order valence-electron chi connectivity index (χ3n) is 2.17. The number of hydrogen-bond donors (Lipinski definition) is 3. The molecule has 0 spiro atoms. The van der Waals surface area contributed by atoms with Gasteiger partial charge in [-0.2, -0.15) is 11.8 Å². The van der Waals surface area contributed by atoms with Crippen LogP contribution in [0.4, 0.5) is 0 Å². The van der Waals surface area contributed by atoms with Crippen molar-refractivity contribution >= 4 is 23.1 Å². The topological polar surface area (TPSA) is 52.5 Å². The van der Waals surface area contributed by atoms with Gasteiger partial charge in [0, 0.05) is 23.7 Å². The van der Waals surface area contributed by atoms with E-state index in [1.165, 1.54) is 0 Å². The lowest BCUT2D eigenvalue weighted by Gasteiger charge is -2.23. The molecule has 16 heavy (non-hydrogen) atoms. The van der Waals surface area contributed by atoms with Gasteiger partial charge in [-0.05, 0) is 24.6 Å². The van der Waals surface area contributed by atoms with Gasteiger partial charge in [-0.3, -0.25) is 0 Å². The van der Waals surface area contributed by atoms with Crippen molar-refractivity contribution in [1.29, 1.82) is 0 Å². The van der Waals surface area contributed by atoms with Crippen LogP contribution in [0.5, 0.6) is 0 Å². The number of hydrogen-bond acceptors (Lipinski definition) is 5. The van der Waals surface area contributed by atoms with E-state index in [1.54, 1.807) is 30.0 Å². The number of nitrogens with one attached hydrogen (secondary N) is 1. The van der Waals surface area contributed by atoms with E-state index in [9.17, 15) is 10.2 Å². The first kappa shape index (κ1) is 14.0. The van der Waals surface area contributed by atoms with E-state index in [1.807, 2.05) is 23.8 Å². The van der Waals surface area contributed by atoms with Crippen molar-refractivity contribution < 1.29 is 10.2 Å². The molecular formula is C11H19NO2S2. The predicted octanol–water partition coefficient (Wildman–Crippen LogP) is 1.49. The Labute approximate surface area is 105 Å². The fourth-order valence-corrected chi connectivity index (χ4v) is 2.86. The Bertz CT molecular complexity index is 288. The zero-order chi connectivity index (χ0) is 12.0. The van der Waals surface area contributed by atoms with Gasteiger partial charge in [0.25, 0.3) is 0 Å². The van der Waals surface area contributed by atoms with Crippen LogP contribution >= 0.6 is 23.1 Å². The largest absolute Gasteiger partial charge is 0.388 e. The van der Waals surface area contributed by atoms with Crippen molar-refractivity contribution in [2.24, 2.45) is 0 Å². The highest BCUT2D eigenvalue weighted by atomic mass is 32.2. The first-order valence-electron chi connectivity index (χ1n) is 5.19. The molecule has 2 atom stereocenters. The van der Waals surface area contributed by atoms with E-state index in [4.69, 9.17) is 0 Å². The van der Waals surface area contributed by atoms with Crippen molar-refractivity contribution in [3.63, 3.8) is 0 Å². The van der Waals surface area contributed by atoms with Gasteiger partial charge in [-0.25, -0.2) is 0 Å². The standard InChI is InChI=1S/C11H19NO2S2/c1-11(14,8-15-2)7-12-6-9(13)10-4-3-5-16-10/h3-5,9,12-14H,6-8H2,1-2H3. The molecule has 0 bridgehead atoms. The van der Waals surface area contributed by atoms with E-state index >= 15 is 0 Å². The molecule has 1 aromatic heterocycles. The van der Waals surface area contributed by atoms with Crippen molar-refractivity contribution in [2.45, 2.75) is 18.6 Å². The molecule has 0 aromatic carbocycles. The molecule has 92 valence electrons. The van der Waals surface area contributed by atoms with Crippen LogP contribution in [0.25, 0.3) is 0 Å². The first-order chi connectivity index (χ1) is 7.55. The van der Waals surface area contributed by atoms with Crippen LogP contribution in [0.1, 0.15) is 17.9 Å². The SMILES string of the molecule is CSCC(C)(O)CNCC(O)c1cccs1. The van der Waals surface area contributed by atoms with Gasteiger partial charge in [-0.15, -0.1) is 11.3 Å². The van der Waals surface area contributed by atoms with E-state index in [0.717, 1.165) is 4.88 Å². The van der Waals surface area contributed by atoms with Crippen LogP contribution in [0.15, 0.2) is 17.5 Å². The Kier molecular flexibility index (Phi) is 5.78. The van der Waals surface area contributed by atoms with Crippen molar-refractivity contribution in [3.8, 4) is 0 Å². The van der Waals surface area contributed by atoms with Gasteiger partial charge < -0.3 is 15.5 Å². The molecular weight excluding hydrogens is 242 g/mol. The zero-order valence-corrected chi connectivity index (χ0v) is 11.3. The second kappa shape index (κ2) is 6.61. The third-order valence-corrected chi connectivity index (χ3v) is 4.05. The van der Waals surface area contributed by atoms with Crippen LogP contribution in [0.2, 0.25) is 0 Å². The van der Waals surface area contributed by atoms with Crippen LogP contribution in [-0.2, 0) is 0 Å². The summed E-state index contributed by atoms with van der Waals surface area (Å²) in [7, 11) is 0. The van der Waals surface area contributed by atoms with Crippen molar-refractivity contribution in [2.75, 3.05) is 25.1 Å². The van der Waals surface area contributed by atoms with E-state index in [-0.39, 0.29) is 0 Å². The minimum Gasteiger partial charge on any atom is -0.388 e. The summed E-state index contributed by atoms with van der Waals surface area (Å²) < 4.78 is 0. The van der Waals surface area contributed by atoms with E-state index in [0.29, 0.717) is 18.8 Å². The molecule has 3 nitrogen and oxygen atoms in total. The minimum atomic E-state index is -0.714. The minimum absolute atomic E-state index is 0.477. The van der Waals surface area contributed by atoms with E-state index < -0.39 is 11.7 Å². The average Bonchev–Trinajstić information content (AvgIpc) is 2.69. The summed E-state index contributed by atoms with van der Waals surface area (Å²) in [4.78, 5) is 0.956. The number of aliphatic hydroxyl groups is 2. The summed E-state index contributed by atoms with van der Waals surface area (Å²) in [6, 6.07) is 3.84. The third kappa shape index (κ3) is 4.84. The van der Waals surface area contributed by atoms with Crippen LogP contribution in [0.3, 0.4) is 0 Å². The quantitative estimate of drug-likeness (QED) is 0.696. The molecule has 0 fully saturated rings. The molecule has 0 saturated carbocycles. The number of aliphatic hydroxyl groups excluding tert-OH is 1. The van der Waals surface area contributed by atoms with E-state index in [2.05, 4.69) is 5.32 Å². The fraction of sp³-hybridized carbons (Fsp3) is 0.636. The summed E-state index contributed by atoms with van der Waals surface area (Å²) in [6.45, 7) is 2.77. The summed E-state index contributed by atoms with van der Waals surface area (Å²) in [5.74, 6) is 0.690. The number of rotatable bonds is 7. The smallest absolute Gasteiger partial charge is 0.101 e. The number of thioether (sulfide) groups is 1. The molecule has 1 heterocycles. The molecule has 0 saturated heterocycles. The molecule has 0 radical (unpaired) electrons. The summed E-state index contributed by atoms with van der Waals surface area (Å²) in [5, 5.41) is 24.7. The lowest BCUT2D eigenvalue weighted by atomic mass is 10.1. The molecule has 1 rings (SSSR count). The Morgan fingerprint density at radius 1 is 1.62 bits per heavy atom. The second-order valence-electron chi connectivity index (χ2n) is 4.09. The summed E-state index contributed by atoms with van der Waals surface area (Å²) in [5.41, 5.74) is -0.714. The Balaban J connectivity index is 2.25. The van der Waals surface area contributed by atoms with Gasteiger partial charge in [0.15, 0.2) is 0 Å². The Hall–Kier alpha value is -0.0700. The van der Waals surface area contributed by atoms with Crippen LogP contribution < -0.4 is 5.32 Å². The van der Waals surface area contributed by atoms with Gasteiger partial charge in [0.1, 0.15) is 6.10 Å². The van der Waals surface area contributed by atoms with Gasteiger partial charge >= 0.3 is 0 Å². The maximum atomic E-state index is 9.90. The Morgan fingerprint density at radius 2 is 2.38 bits per heavy atom. The fourth-order valence-electron chi connectivity index (χ4n) is 1.42. The molecule has 5 heteroatoms. The van der Waals surface area contributed by atoms with Crippen molar-refractivity contribution in [3.05, 3.63) is 22.4 Å².